The van der Waals surface area contributed by atoms with Crippen LogP contribution in [0, 0.1) is 0 Å². The number of nitrogens with one attached hydrogen (secondary N) is 3. The number of nitrogens with zero attached hydrogens (tertiary/aromatic N) is 2. The molecular formula is C21H43N5O3. The van der Waals surface area contributed by atoms with Crippen LogP contribution in [0.4, 0.5) is 4.79 Å². The molecule has 0 bridgehead atoms. The number of ether oxygens (including phenoxy) is 2. The molecule has 1 rings (SSSR count). The molecule has 0 unspecified atom stereocenters. The second-order valence-corrected chi connectivity index (χ2v) is 9.49. The molecule has 8 nitrogen and oxygen atoms in total. The normalized spacial score (nSPS) is 16.7. The van der Waals surface area contributed by atoms with Crippen molar-refractivity contribution in [2.75, 3.05) is 46.4 Å². The highest BCUT2D eigenvalue weighted by molar-refractivity contribution is 5.79. The van der Waals surface area contributed by atoms with E-state index in [2.05, 4.69) is 46.6 Å². The first-order chi connectivity index (χ1) is 13.5. The number of hydrogen-bond donors (Lipinski definition) is 3. The summed E-state index contributed by atoms with van der Waals surface area (Å²) in [6, 6.07) is 0. The smallest absolute Gasteiger partial charge is 0.407 e. The van der Waals surface area contributed by atoms with Gasteiger partial charge in [0.15, 0.2) is 5.96 Å². The second-order valence-electron chi connectivity index (χ2n) is 9.49. The minimum Gasteiger partial charge on any atom is -0.444 e. The van der Waals surface area contributed by atoms with E-state index in [4.69, 9.17) is 9.47 Å². The number of piperidine rings is 1. The van der Waals surface area contributed by atoms with Gasteiger partial charge in [-0.25, -0.2) is 4.79 Å². The summed E-state index contributed by atoms with van der Waals surface area (Å²) >= 11 is 0. The molecule has 0 aromatic carbocycles. The van der Waals surface area contributed by atoms with Gasteiger partial charge in [0.25, 0.3) is 0 Å². The summed E-state index contributed by atoms with van der Waals surface area (Å²) in [5, 5.41) is 9.67. The van der Waals surface area contributed by atoms with Gasteiger partial charge >= 0.3 is 6.09 Å². The fourth-order valence-corrected chi connectivity index (χ4v) is 3.01. The summed E-state index contributed by atoms with van der Waals surface area (Å²) in [4.78, 5) is 18.3. The standard InChI is InChI=1S/C21H43N5O3/c1-20(2,3)25-13-12-23-18(22-7)26-14-9-17(10-15-26)28-16-8-11-24-19(27)29-21(4,5)6/h17,25H,8-16H2,1-7H3,(H,22,23)(H,24,27). The fourth-order valence-electron chi connectivity index (χ4n) is 3.01. The van der Waals surface area contributed by atoms with Crippen LogP contribution in [0.3, 0.4) is 0 Å². The van der Waals surface area contributed by atoms with Crippen molar-refractivity contribution >= 4 is 12.1 Å². The van der Waals surface area contributed by atoms with Crippen LogP contribution in [0.2, 0.25) is 0 Å². The van der Waals surface area contributed by atoms with Gasteiger partial charge in [0.05, 0.1) is 6.10 Å². The average molecular weight is 414 g/mol. The van der Waals surface area contributed by atoms with Gasteiger partial charge in [0.1, 0.15) is 5.60 Å². The first-order valence-corrected chi connectivity index (χ1v) is 10.8. The van der Waals surface area contributed by atoms with Crippen LogP contribution in [0.1, 0.15) is 60.8 Å². The highest BCUT2D eigenvalue weighted by atomic mass is 16.6. The van der Waals surface area contributed by atoms with Crippen molar-refractivity contribution in [1.82, 2.24) is 20.9 Å². The third-order valence-electron chi connectivity index (χ3n) is 4.36. The number of aliphatic imine (C=N–C) groups is 1. The molecule has 1 aliphatic heterocycles. The highest BCUT2D eigenvalue weighted by Crippen LogP contribution is 2.14. The summed E-state index contributed by atoms with van der Waals surface area (Å²) in [5.41, 5.74) is -0.337. The predicted molar refractivity (Wildman–Crippen MR) is 119 cm³/mol. The van der Waals surface area contributed by atoms with E-state index in [9.17, 15) is 4.79 Å². The van der Waals surface area contributed by atoms with E-state index in [1.54, 1.807) is 0 Å². The lowest BCUT2D eigenvalue weighted by Gasteiger charge is -2.34. The van der Waals surface area contributed by atoms with Crippen molar-refractivity contribution in [3.8, 4) is 0 Å². The van der Waals surface area contributed by atoms with Gasteiger partial charge in [-0.1, -0.05) is 0 Å². The molecule has 1 heterocycles. The largest absolute Gasteiger partial charge is 0.444 e. The summed E-state index contributed by atoms with van der Waals surface area (Å²) in [6.07, 6.45) is 2.65. The van der Waals surface area contributed by atoms with Gasteiger partial charge in [-0.15, -0.1) is 0 Å². The molecular weight excluding hydrogens is 370 g/mol. The molecule has 0 atom stereocenters. The summed E-state index contributed by atoms with van der Waals surface area (Å²) in [5.74, 6) is 0.959. The molecule has 170 valence electrons. The zero-order valence-electron chi connectivity index (χ0n) is 19.6. The lowest BCUT2D eigenvalue weighted by molar-refractivity contribution is 0.0170. The van der Waals surface area contributed by atoms with E-state index in [-0.39, 0.29) is 17.7 Å². The van der Waals surface area contributed by atoms with E-state index in [0.29, 0.717) is 13.2 Å². The number of hydrogen-bond acceptors (Lipinski definition) is 5. The number of amides is 1. The van der Waals surface area contributed by atoms with Crippen molar-refractivity contribution in [2.24, 2.45) is 4.99 Å². The number of likely N-dealkylation sites (tertiary alicyclic amines) is 1. The van der Waals surface area contributed by atoms with Gasteiger partial charge < -0.3 is 30.3 Å². The highest BCUT2D eigenvalue weighted by Gasteiger charge is 2.22. The number of carbonyl (C=O) groups excluding carboxylic acids is 1. The third kappa shape index (κ3) is 12.6. The zero-order valence-corrected chi connectivity index (χ0v) is 19.6. The molecule has 1 amide bonds. The Balaban J connectivity index is 2.15. The summed E-state index contributed by atoms with van der Waals surface area (Å²) in [6.45, 7) is 16.9. The first kappa shape index (κ1) is 25.5. The summed E-state index contributed by atoms with van der Waals surface area (Å²) in [7, 11) is 1.83. The van der Waals surface area contributed by atoms with Crippen LogP contribution in [0.5, 0.6) is 0 Å². The topological polar surface area (TPSA) is 87.2 Å². The Hall–Kier alpha value is -1.54. The first-order valence-electron chi connectivity index (χ1n) is 10.8. The molecule has 1 aliphatic rings. The quantitative estimate of drug-likeness (QED) is 0.322. The van der Waals surface area contributed by atoms with Gasteiger partial charge in [0, 0.05) is 51.9 Å². The van der Waals surface area contributed by atoms with Gasteiger partial charge in [-0.2, -0.15) is 0 Å². The monoisotopic (exact) mass is 413 g/mol. The second kappa shape index (κ2) is 12.2. The van der Waals surface area contributed by atoms with E-state index in [1.807, 2.05) is 27.8 Å². The lowest BCUT2D eigenvalue weighted by Crippen LogP contribution is -2.49. The van der Waals surface area contributed by atoms with E-state index >= 15 is 0 Å². The van der Waals surface area contributed by atoms with Crippen LogP contribution in [-0.4, -0.2) is 80.6 Å². The molecule has 0 saturated carbocycles. The minimum absolute atomic E-state index is 0.128. The summed E-state index contributed by atoms with van der Waals surface area (Å²) < 4.78 is 11.2. The maximum atomic E-state index is 11.6. The molecule has 0 spiro atoms. The molecule has 0 aromatic heterocycles. The van der Waals surface area contributed by atoms with Gasteiger partial charge in [-0.05, 0) is 60.8 Å². The fraction of sp³-hybridized carbons (Fsp3) is 0.905. The molecule has 0 aliphatic carbocycles. The maximum Gasteiger partial charge on any atom is 0.407 e. The van der Waals surface area contributed by atoms with Gasteiger partial charge in [0.2, 0.25) is 0 Å². The Bertz CT molecular complexity index is 503. The van der Waals surface area contributed by atoms with E-state index in [1.165, 1.54) is 0 Å². The molecule has 3 N–H and O–H groups in total. The van der Waals surface area contributed by atoms with E-state index < -0.39 is 5.60 Å². The number of alkyl carbamates (subject to hydrolysis) is 1. The Morgan fingerprint density at radius 2 is 1.69 bits per heavy atom. The van der Waals surface area contributed by atoms with Gasteiger partial charge in [-0.3, -0.25) is 4.99 Å². The number of carbonyl (C=O) groups is 1. The number of guanidine groups is 1. The zero-order chi connectivity index (χ0) is 21.9. The Morgan fingerprint density at radius 3 is 2.24 bits per heavy atom. The Kier molecular flexibility index (Phi) is 10.7. The van der Waals surface area contributed by atoms with Crippen LogP contribution < -0.4 is 16.0 Å². The van der Waals surface area contributed by atoms with E-state index in [0.717, 1.165) is 51.4 Å². The van der Waals surface area contributed by atoms with Crippen LogP contribution in [0.25, 0.3) is 0 Å². The SMILES string of the molecule is CN=C(NCCNC(C)(C)C)N1CCC(OCCCNC(=O)OC(C)(C)C)CC1. The maximum absolute atomic E-state index is 11.6. The molecule has 0 aromatic rings. The van der Waals surface area contributed by atoms with Crippen molar-refractivity contribution < 1.29 is 14.3 Å². The molecule has 8 heteroatoms. The Morgan fingerprint density at radius 1 is 1.03 bits per heavy atom. The van der Waals surface area contributed by atoms with Crippen molar-refractivity contribution in [3.63, 3.8) is 0 Å². The molecule has 0 radical (unpaired) electrons. The molecule has 1 fully saturated rings. The van der Waals surface area contributed by atoms with Crippen molar-refractivity contribution in [1.29, 1.82) is 0 Å². The van der Waals surface area contributed by atoms with Crippen LogP contribution in [0.15, 0.2) is 4.99 Å². The number of rotatable bonds is 8. The predicted octanol–water partition coefficient (Wildman–Crippen LogP) is 2.35. The molecule has 29 heavy (non-hydrogen) atoms. The molecule has 1 saturated heterocycles. The lowest BCUT2D eigenvalue weighted by atomic mass is 10.1. The third-order valence-corrected chi connectivity index (χ3v) is 4.36. The van der Waals surface area contributed by atoms with Crippen LogP contribution in [-0.2, 0) is 9.47 Å². The van der Waals surface area contributed by atoms with Crippen molar-refractivity contribution in [2.45, 2.75) is 78.0 Å². The van der Waals surface area contributed by atoms with Crippen LogP contribution >= 0.6 is 0 Å². The Labute approximate surface area is 177 Å². The van der Waals surface area contributed by atoms with Crippen molar-refractivity contribution in [3.05, 3.63) is 0 Å². The average Bonchev–Trinajstić information content (AvgIpc) is 2.60. The minimum atomic E-state index is -0.465.